The fourth-order valence-corrected chi connectivity index (χ4v) is 12.1. The van der Waals surface area contributed by atoms with E-state index in [-0.39, 0.29) is 10.8 Å². The zero-order valence-electron chi connectivity index (χ0n) is 41.6. The van der Waals surface area contributed by atoms with Gasteiger partial charge >= 0.3 is 0 Å². The lowest BCUT2D eigenvalue weighted by Crippen LogP contribution is -2.50. The Hall–Kier alpha value is -7.66. The summed E-state index contributed by atoms with van der Waals surface area (Å²) in [6, 6.07) is 66.2. The van der Waals surface area contributed by atoms with E-state index in [9.17, 15) is 10.5 Å². The second-order valence-corrected chi connectivity index (χ2v) is 21.6. The predicted octanol–water partition coefficient (Wildman–Crippen LogP) is 18.4. The van der Waals surface area contributed by atoms with Crippen LogP contribution in [0.2, 0.25) is 0 Å². The van der Waals surface area contributed by atoms with Gasteiger partial charge in [0.25, 0.3) is 0 Å². The largest absolute Gasteiger partial charge is 0.310 e. The first-order valence-electron chi connectivity index (χ1n) is 24.4. The Labute approximate surface area is 408 Å². The minimum atomic E-state index is -0.436. The highest BCUT2D eigenvalue weighted by Gasteiger charge is 2.59. The van der Waals surface area contributed by atoms with E-state index < -0.39 is 5.41 Å². The summed E-state index contributed by atoms with van der Waals surface area (Å²) in [5, 5.41) is 26.9. The molecule has 4 heteroatoms. The molecule has 0 aliphatic heterocycles. The minimum Gasteiger partial charge on any atom is -0.310 e. The maximum absolute atomic E-state index is 9.74. The highest BCUT2D eigenvalue weighted by Crippen LogP contribution is 2.68. The van der Waals surface area contributed by atoms with E-state index in [1.807, 2.05) is 24.3 Å². The quantitative estimate of drug-likeness (QED) is 0.143. The molecule has 4 nitrogen and oxygen atoms in total. The third kappa shape index (κ3) is 7.25. The van der Waals surface area contributed by atoms with E-state index in [1.165, 1.54) is 65.7 Å². The molecule has 0 saturated carbocycles. The highest BCUT2D eigenvalue weighted by molar-refractivity contribution is 6.20. The van der Waals surface area contributed by atoms with Crippen LogP contribution in [0.25, 0.3) is 43.4 Å². The van der Waals surface area contributed by atoms with Crippen molar-refractivity contribution >= 4 is 66.4 Å². The summed E-state index contributed by atoms with van der Waals surface area (Å²) in [5.74, 6) is 0.842. The van der Waals surface area contributed by atoms with Crippen molar-refractivity contribution in [1.82, 2.24) is 0 Å². The fraction of sp³-hybridized carbons (Fsp3) is 0.231. The molecular formula is C65H60N4. The van der Waals surface area contributed by atoms with Gasteiger partial charge in [-0.2, -0.15) is 10.5 Å². The lowest BCUT2D eigenvalue weighted by Gasteiger charge is -2.54. The van der Waals surface area contributed by atoms with Gasteiger partial charge in [0, 0.05) is 39.5 Å². The lowest BCUT2D eigenvalue weighted by atomic mass is 9.49. The summed E-state index contributed by atoms with van der Waals surface area (Å²) in [6.07, 6.45) is 0. The van der Waals surface area contributed by atoms with Crippen LogP contribution in [0, 0.1) is 33.5 Å². The van der Waals surface area contributed by atoms with Crippen LogP contribution in [-0.2, 0) is 5.41 Å². The zero-order valence-corrected chi connectivity index (χ0v) is 41.6. The molecule has 0 radical (unpaired) electrons. The van der Waals surface area contributed by atoms with Crippen LogP contribution in [0.3, 0.4) is 0 Å². The molecular weight excluding hydrogens is 837 g/mol. The highest BCUT2D eigenvalue weighted by atomic mass is 15.1. The Morgan fingerprint density at radius 3 is 1.28 bits per heavy atom. The van der Waals surface area contributed by atoms with Crippen molar-refractivity contribution in [1.29, 1.82) is 10.5 Å². The summed E-state index contributed by atoms with van der Waals surface area (Å²) < 4.78 is 0. The number of nitriles is 2. The van der Waals surface area contributed by atoms with Gasteiger partial charge in [-0.05, 0) is 185 Å². The van der Waals surface area contributed by atoms with Crippen molar-refractivity contribution in [3.8, 4) is 23.3 Å². The molecule has 0 bridgehead atoms. The van der Waals surface area contributed by atoms with Crippen molar-refractivity contribution < 1.29 is 0 Å². The molecule has 0 aromatic heterocycles. The van der Waals surface area contributed by atoms with E-state index in [1.54, 1.807) is 0 Å². The van der Waals surface area contributed by atoms with Crippen molar-refractivity contribution in [3.05, 3.63) is 203 Å². The van der Waals surface area contributed by atoms with Crippen LogP contribution >= 0.6 is 0 Å². The zero-order chi connectivity index (χ0) is 48.6. The third-order valence-corrected chi connectivity index (χ3v) is 14.9. The standard InChI is InChI=1S/C65H60N4/c1-41(2)45-19-28-50(29-20-45)68(48-24-15-43(39-66)16-25-48)52-32-35-54-47(37-52)23-34-58-60-56-14-12-11-13-55(56)59-38-53(33-36-57(59)62(60)65(61(54)58,63(5,6)7)64(8,9)10)69(49-26-17-44(40-67)18-27-49)51-30-21-46(22-31-51)42(3)4/h11-38,41-42H,1-10H3. The van der Waals surface area contributed by atoms with Gasteiger partial charge in [-0.3, -0.25) is 0 Å². The Bertz CT molecular complexity index is 3500. The van der Waals surface area contributed by atoms with Crippen molar-refractivity contribution in [2.45, 2.75) is 86.5 Å². The molecule has 10 rings (SSSR count). The first kappa shape index (κ1) is 45.1. The Morgan fingerprint density at radius 2 is 0.826 bits per heavy atom. The van der Waals surface area contributed by atoms with Crippen molar-refractivity contribution in [2.24, 2.45) is 10.8 Å². The predicted molar refractivity (Wildman–Crippen MR) is 291 cm³/mol. The van der Waals surface area contributed by atoms with Crippen molar-refractivity contribution in [3.63, 3.8) is 0 Å². The molecule has 9 aromatic carbocycles. The second kappa shape index (κ2) is 16.8. The molecule has 0 saturated heterocycles. The van der Waals surface area contributed by atoms with Gasteiger partial charge in [-0.1, -0.05) is 142 Å². The van der Waals surface area contributed by atoms with E-state index in [4.69, 9.17) is 0 Å². The summed E-state index contributed by atoms with van der Waals surface area (Å²) in [7, 11) is 0. The SMILES string of the molecule is CC(C)c1ccc(N(c2ccc(C#N)cc2)c2ccc3c4c(ccc3c2)-c2c(c3ccc(N(c5ccc(C#N)cc5)c5ccc(C(C)C)cc5)cc3c3ccccc23)C4(C(C)(C)C)C(C)(C)C)cc1. The van der Waals surface area contributed by atoms with E-state index in [0.717, 1.165) is 34.1 Å². The average molecular weight is 897 g/mol. The number of anilines is 6. The maximum atomic E-state index is 9.74. The first-order valence-corrected chi connectivity index (χ1v) is 24.4. The van der Waals surface area contributed by atoms with Gasteiger partial charge in [-0.25, -0.2) is 0 Å². The molecule has 0 heterocycles. The van der Waals surface area contributed by atoms with Crippen LogP contribution in [-0.4, -0.2) is 0 Å². The minimum absolute atomic E-state index is 0.231. The monoisotopic (exact) mass is 896 g/mol. The van der Waals surface area contributed by atoms with Gasteiger partial charge in [0.1, 0.15) is 0 Å². The van der Waals surface area contributed by atoms with E-state index >= 15 is 0 Å². The van der Waals surface area contributed by atoms with Crippen LogP contribution in [0.15, 0.2) is 170 Å². The summed E-state index contributed by atoms with van der Waals surface area (Å²) in [5.41, 5.74) is 14.6. The maximum Gasteiger partial charge on any atom is 0.0991 e. The number of benzene rings is 9. The Kier molecular flexibility index (Phi) is 11.0. The molecule has 0 spiro atoms. The lowest BCUT2D eigenvalue weighted by molar-refractivity contribution is 0.0977. The smallest absolute Gasteiger partial charge is 0.0991 e. The number of nitrogens with zero attached hydrogens (tertiary/aromatic N) is 4. The fourth-order valence-electron chi connectivity index (χ4n) is 12.1. The summed E-state index contributed by atoms with van der Waals surface area (Å²) in [4.78, 5) is 4.64. The first-order chi connectivity index (χ1) is 33.0. The number of hydrogen-bond acceptors (Lipinski definition) is 4. The molecule has 0 fully saturated rings. The van der Waals surface area contributed by atoms with E-state index in [2.05, 4.69) is 237 Å². The van der Waals surface area contributed by atoms with Gasteiger partial charge in [0.15, 0.2) is 0 Å². The molecule has 0 unspecified atom stereocenters. The van der Waals surface area contributed by atoms with Gasteiger partial charge in [0.05, 0.1) is 23.3 Å². The van der Waals surface area contributed by atoms with Gasteiger partial charge in [-0.15, -0.1) is 0 Å². The third-order valence-electron chi connectivity index (χ3n) is 14.9. The van der Waals surface area contributed by atoms with Gasteiger partial charge < -0.3 is 9.80 Å². The van der Waals surface area contributed by atoms with E-state index in [0.29, 0.717) is 23.0 Å². The van der Waals surface area contributed by atoms with Crippen LogP contribution < -0.4 is 9.80 Å². The molecule has 340 valence electrons. The summed E-state index contributed by atoms with van der Waals surface area (Å²) in [6.45, 7) is 23.6. The number of fused-ring (bicyclic) bond motifs is 10. The second-order valence-electron chi connectivity index (χ2n) is 21.6. The van der Waals surface area contributed by atoms with Gasteiger partial charge in [0.2, 0.25) is 0 Å². The molecule has 0 N–H and O–H groups in total. The normalized spacial score (nSPS) is 13.1. The summed E-state index contributed by atoms with van der Waals surface area (Å²) >= 11 is 0. The molecule has 1 aliphatic rings. The molecule has 9 aromatic rings. The molecule has 69 heavy (non-hydrogen) atoms. The van der Waals surface area contributed by atoms with Crippen molar-refractivity contribution in [2.75, 3.05) is 9.80 Å². The van der Waals surface area contributed by atoms with Crippen LogP contribution in [0.1, 0.15) is 114 Å². The Balaban J connectivity index is 1.23. The number of rotatable bonds is 8. The molecule has 1 aliphatic carbocycles. The van der Waals surface area contributed by atoms with Crippen LogP contribution in [0.4, 0.5) is 34.1 Å². The molecule has 0 amide bonds. The Morgan fingerprint density at radius 1 is 0.406 bits per heavy atom. The molecule has 0 atom stereocenters. The number of hydrogen-bond donors (Lipinski definition) is 0. The average Bonchev–Trinajstić information content (AvgIpc) is 3.69. The van der Waals surface area contributed by atoms with Crippen LogP contribution in [0.5, 0.6) is 0 Å². The topological polar surface area (TPSA) is 54.1 Å².